The van der Waals surface area contributed by atoms with E-state index in [4.69, 9.17) is 0 Å². The van der Waals surface area contributed by atoms with Crippen LogP contribution in [0.1, 0.15) is 23.7 Å². The first-order chi connectivity index (χ1) is 9.08. The van der Waals surface area contributed by atoms with Crippen molar-refractivity contribution in [2.45, 2.75) is 13.3 Å². The smallest absolute Gasteiger partial charge is 0.255 e. The number of carbonyl (C=O) groups excluding carboxylic acids is 2. The predicted molar refractivity (Wildman–Crippen MR) is 69.8 cm³/mol. The van der Waals surface area contributed by atoms with Crippen molar-refractivity contribution in [1.29, 1.82) is 0 Å². The third-order valence-electron chi connectivity index (χ3n) is 3.26. The van der Waals surface area contributed by atoms with E-state index in [-0.39, 0.29) is 17.4 Å². The van der Waals surface area contributed by atoms with E-state index >= 15 is 0 Å². The second-order valence-corrected chi connectivity index (χ2v) is 4.59. The van der Waals surface area contributed by atoms with Crippen LogP contribution in [0.2, 0.25) is 0 Å². The van der Waals surface area contributed by atoms with Gasteiger partial charge in [-0.05, 0) is 12.5 Å². The third kappa shape index (κ3) is 3.21. The normalized spacial score (nSPS) is 16.1. The van der Waals surface area contributed by atoms with Gasteiger partial charge in [0.15, 0.2) is 0 Å². The fourth-order valence-corrected chi connectivity index (χ4v) is 2.16. The van der Waals surface area contributed by atoms with Gasteiger partial charge in [-0.25, -0.2) is 0 Å². The molecule has 102 valence electrons. The van der Waals surface area contributed by atoms with Crippen LogP contribution in [0, 0.1) is 0 Å². The largest absolute Gasteiger partial charge is 0.341 e. The maximum absolute atomic E-state index is 12.2. The quantitative estimate of drug-likeness (QED) is 0.779. The molecule has 1 aromatic heterocycles. The zero-order valence-corrected chi connectivity index (χ0v) is 10.9. The third-order valence-corrected chi connectivity index (χ3v) is 3.26. The van der Waals surface area contributed by atoms with Crippen LogP contribution in [-0.4, -0.2) is 52.8 Å². The van der Waals surface area contributed by atoms with Gasteiger partial charge in [-0.1, -0.05) is 0 Å². The summed E-state index contributed by atoms with van der Waals surface area (Å²) in [5.74, 6) is -0.0695. The summed E-state index contributed by atoms with van der Waals surface area (Å²) in [6.07, 6.45) is 2.20. The van der Waals surface area contributed by atoms with Crippen LogP contribution in [-0.2, 0) is 4.79 Å². The van der Waals surface area contributed by atoms with E-state index in [1.165, 1.54) is 18.3 Å². The average Bonchev–Trinajstić information content (AvgIpc) is 2.64. The van der Waals surface area contributed by atoms with Crippen LogP contribution >= 0.6 is 0 Å². The van der Waals surface area contributed by atoms with Gasteiger partial charge < -0.3 is 14.8 Å². The van der Waals surface area contributed by atoms with Crippen LogP contribution in [0.5, 0.6) is 0 Å². The standard InChI is InChI=1S/C13H17N3O3/c1-10(17)15-5-2-6-16(8-7-15)13(19)11-3-4-12(18)14-9-11/h3-4,9H,2,5-8H2,1H3,(H,14,18). The van der Waals surface area contributed by atoms with Crippen molar-refractivity contribution in [1.82, 2.24) is 14.8 Å². The van der Waals surface area contributed by atoms with Crippen LogP contribution in [0.25, 0.3) is 0 Å². The molecule has 1 N–H and O–H groups in total. The molecular formula is C13H17N3O3. The number of pyridine rings is 1. The van der Waals surface area contributed by atoms with Gasteiger partial charge in [0.25, 0.3) is 5.91 Å². The van der Waals surface area contributed by atoms with Crippen molar-refractivity contribution >= 4 is 11.8 Å². The van der Waals surface area contributed by atoms with Crippen LogP contribution in [0.3, 0.4) is 0 Å². The summed E-state index contributed by atoms with van der Waals surface area (Å²) in [4.78, 5) is 40.5. The Kier molecular flexibility index (Phi) is 3.99. The van der Waals surface area contributed by atoms with Crippen LogP contribution in [0.4, 0.5) is 0 Å². The van der Waals surface area contributed by atoms with Crippen LogP contribution in [0.15, 0.2) is 23.1 Å². The number of rotatable bonds is 1. The fraction of sp³-hybridized carbons (Fsp3) is 0.462. The highest BCUT2D eigenvalue weighted by atomic mass is 16.2. The number of nitrogens with zero attached hydrogens (tertiary/aromatic N) is 2. The molecule has 1 fully saturated rings. The van der Waals surface area contributed by atoms with Gasteiger partial charge in [-0.3, -0.25) is 14.4 Å². The SMILES string of the molecule is CC(=O)N1CCCN(C(=O)c2ccc(=O)[nH]c2)CC1. The number of nitrogens with one attached hydrogen (secondary N) is 1. The minimum atomic E-state index is -0.227. The van der Waals surface area contributed by atoms with Gasteiger partial charge in [-0.15, -0.1) is 0 Å². The van der Waals surface area contributed by atoms with E-state index in [1.807, 2.05) is 0 Å². The number of hydrogen-bond acceptors (Lipinski definition) is 3. The van der Waals surface area contributed by atoms with Crippen molar-refractivity contribution in [3.8, 4) is 0 Å². The molecule has 2 heterocycles. The molecule has 0 saturated carbocycles. The molecule has 2 rings (SSSR count). The first-order valence-electron chi connectivity index (χ1n) is 6.31. The van der Waals surface area contributed by atoms with Crippen molar-refractivity contribution in [3.05, 3.63) is 34.2 Å². The Hall–Kier alpha value is -2.11. The number of aromatic amines is 1. The molecule has 0 spiro atoms. The maximum Gasteiger partial charge on any atom is 0.255 e. The maximum atomic E-state index is 12.2. The molecule has 0 aromatic carbocycles. The lowest BCUT2D eigenvalue weighted by atomic mass is 10.2. The lowest BCUT2D eigenvalue weighted by Crippen LogP contribution is -2.36. The molecule has 0 unspecified atom stereocenters. The summed E-state index contributed by atoms with van der Waals surface area (Å²) in [5.41, 5.74) is 0.242. The number of aromatic nitrogens is 1. The molecule has 6 nitrogen and oxygen atoms in total. The lowest BCUT2D eigenvalue weighted by Gasteiger charge is -2.21. The molecule has 0 radical (unpaired) electrons. The van der Waals surface area contributed by atoms with E-state index in [0.29, 0.717) is 31.7 Å². The molecular weight excluding hydrogens is 246 g/mol. The average molecular weight is 263 g/mol. The Balaban J connectivity index is 2.05. The van der Waals surface area contributed by atoms with Gasteiger partial charge in [0.1, 0.15) is 0 Å². The van der Waals surface area contributed by atoms with Gasteiger partial charge >= 0.3 is 0 Å². The van der Waals surface area contributed by atoms with Crippen molar-refractivity contribution in [3.63, 3.8) is 0 Å². The summed E-state index contributed by atoms with van der Waals surface area (Å²) >= 11 is 0. The van der Waals surface area contributed by atoms with E-state index in [1.54, 1.807) is 16.7 Å². The van der Waals surface area contributed by atoms with E-state index in [0.717, 1.165) is 6.42 Å². The van der Waals surface area contributed by atoms with Crippen LogP contribution < -0.4 is 5.56 Å². The molecule has 2 amide bonds. The highest BCUT2D eigenvalue weighted by molar-refractivity contribution is 5.93. The van der Waals surface area contributed by atoms with Gasteiger partial charge in [-0.2, -0.15) is 0 Å². The summed E-state index contributed by atoms with van der Waals surface area (Å²) in [5, 5.41) is 0. The molecule has 1 aliphatic heterocycles. The Bertz CT molecular complexity index is 518. The van der Waals surface area contributed by atoms with E-state index in [2.05, 4.69) is 4.98 Å². The monoisotopic (exact) mass is 263 g/mol. The zero-order valence-electron chi connectivity index (χ0n) is 10.9. The summed E-state index contributed by atoms with van der Waals surface area (Å²) in [7, 11) is 0. The molecule has 6 heteroatoms. The van der Waals surface area contributed by atoms with Gasteiger partial charge in [0.2, 0.25) is 11.5 Å². The van der Waals surface area contributed by atoms with Crippen molar-refractivity contribution < 1.29 is 9.59 Å². The number of amides is 2. The first kappa shape index (κ1) is 13.3. The predicted octanol–water partition coefficient (Wildman–Crippen LogP) is 0.0693. The summed E-state index contributed by atoms with van der Waals surface area (Å²) in [6, 6.07) is 2.86. The number of H-pyrrole nitrogens is 1. The Labute approximate surface area is 111 Å². The summed E-state index contributed by atoms with van der Waals surface area (Å²) < 4.78 is 0. The minimum Gasteiger partial charge on any atom is -0.341 e. The van der Waals surface area contributed by atoms with E-state index in [9.17, 15) is 14.4 Å². The fourth-order valence-electron chi connectivity index (χ4n) is 2.16. The number of carbonyl (C=O) groups is 2. The Morgan fingerprint density at radius 1 is 1.11 bits per heavy atom. The number of hydrogen-bond donors (Lipinski definition) is 1. The second-order valence-electron chi connectivity index (χ2n) is 4.59. The first-order valence-corrected chi connectivity index (χ1v) is 6.31. The molecule has 1 saturated heterocycles. The second kappa shape index (κ2) is 5.69. The molecule has 0 atom stereocenters. The lowest BCUT2D eigenvalue weighted by molar-refractivity contribution is -0.128. The topological polar surface area (TPSA) is 73.5 Å². The molecule has 1 aromatic rings. The van der Waals surface area contributed by atoms with Gasteiger partial charge in [0.05, 0.1) is 5.56 Å². The molecule has 19 heavy (non-hydrogen) atoms. The Morgan fingerprint density at radius 3 is 2.42 bits per heavy atom. The van der Waals surface area contributed by atoms with Crippen molar-refractivity contribution in [2.75, 3.05) is 26.2 Å². The highest BCUT2D eigenvalue weighted by Crippen LogP contribution is 2.08. The Morgan fingerprint density at radius 2 is 1.79 bits per heavy atom. The molecule has 0 bridgehead atoms. The zero-order chi connectivity index (χ0) is 13.8. The highest BCUT2D eigenvalue weighted by Gasteiger charge is 2.21. The van der Waals surface area contributed by atoms with Crippen molar-refractivity contribution in [2.24, 2.45) is 0 Å². The molecule has 1 aliphatic rings. The van der Waals surface area contributed by atoms with E-state index < -0.39 is 0 Å². The minimum absolute atomic E-state index is 0.0401. The molecule has 0 aliphatic carbocycles. The van der Waals surface area contributed by atoms with Gasteiger partial charge in [0, 0.05) is 45.4 Å². The summed E-state index contributed by atoms with van der Waals surface area (Å²) in [6.45, 7) is 3.94.